The normalized spacial score (nSPS) is 10.2. The number of amides is 1. The van der Waals surface area contributed by atoms with Crippen LogP contribution in [-0.2, 0) is 6.54 Å². The molecule has 1 amide bonds. The van der Waals surface area contributed by atoms with Gasteiger partial charge in [-0.25, -0.2) is 0 Å². The Morgan fingerprint density at radius 3 is 2.63 bits per heavy atom. The van der Waals surface area contributed by atoms with Crippen molar-refractivity contribution in [3.8, 4) is 5.75 Å². The molecular weight excluding hydrogens is 244 g/mol. The molecule has 4 N–H and O–H groups in total. The first-order valence-electron chi connectivity index (χ1n) is 5.83. The molecule has 0 unspecified atom stereocenters. The number of hydrogen-bond donors (Lipinski definition) is 3. The van der Waals surface area contributed by atoms with Crippen molar-refractivity contribution in [2.45, 2.75) is 13.5 Å². The quantitative estimate of drug-likeness (QED) is 0.771. The number of benzene rings is 1. The highest BCUT2D eigenvalue weighted by Crippen LogP contribution is 2.13. The molecule has 0 aliphatic rings. The summed E-state index contributed by atoms with van der Waals surface area (Å²) >= 11 is 0. The van der Waals surface area contributed by atoms with Crippen molar-refractivity contribution in [2.24, 2.45) is 0 Å². The van der Waals surface area contributed by atoms with Crippen LogP contribution in [0.3, 0.4) is 0 Å². The summed E-state index contributed by atoms with van der Waals surface area (Å²) in [6, 6.07) is 7.46. The molecule has 1 aromatic heterocycles. The molecule has 0 saturated heterocycles. The monoisotopic (exact) mass is 260 g/mol. The van der Waals surface area contributed by atoms with Gasteiger partial charge in [-0.3, -0.25) is 9.89 Å². The maximum atomic E-state index is 11.9. The van der Waals surface area contributed by atoms with Crippen LogP contribution in [0.25, 0.3) is 0 Å². The van der Waals surface area contributed by atoms with Gasteiger partial charge in [-0.1, -0.05) is 12.1 Å². The van der Waals surface area contributed by atoms with Crippen LogP contribution >= 0.6 is 0 Å². The highest BCUT2D eigenvalue weighted by molar-refractivity contribution is 5.97. The van der Waals surface area contributed by atoms with Crippen molar-refractivity contribution in [1.29, 1.82) is 0 Å². The molecule has 2 aromatic rings. The molecule has 0 spiro atoms. The number of hydrogen-bond acceptors (Lipinski definition) is 4. The van der Waals surface area contributed by atoms with Gasteiger partial charge in [0, 0.05) is 6.54 Å². The van der Waals surface area contributed by atoms with Gasteiger partial charge in [0.05, 0.1) is 18.5 Å². The Kier molecular flexibility index (Phi) is 3.70. The van der Waals surface area contributed by atoms with Crippen LogP contribution in [0, 0.1) is 6.92 Å². The summed E-state index contributed by atoms with van der Waals surface area (Å²) in [4.78, 5) is 11.9. The van der Waals surface area contributed by atoms with Gasteiger partial charge in [-0.2, -0.15) is 5.10 Å². The molecule has 1 aromatic carbocycles. The molecule has 0 saturated carbocycles. The zero-order chi connectivity index (χ0) is 13.8. The molecular formula is C13H16N4O2. The molecule has 19 heavy (non-hydrogen) atoms. The number of methoxy groups -OCH3 is 1. The van der Waals surface area contributed by atoms with E-state index < -0.39 is 0 Å². The lowest BCUT2D eigenvalue weighted by Gasteiger charge is -2.05. The van der Waals surface area contributed by atoms with Gasteiger partial charge >= 0.3 is 0 Å². The molecule has 100 valence electrons. The Balaban J connectivity index is 1.98. The Hall–Kier alpha value is -2.50. The highest BCUT2D eigenvalue weighted by atomic mass is 16.5. The zero-order valence-corrected chi connectivity index (χ0v) is 10.9. The highest BCUT2D eigenvalue weighted by Gasteiger charge is 2.14. The van der Waals surface area contributed by atoms with Crippen LogP contribution in [0.4, 0.5) is 5.69 Å². The standard InChI is InChI=1S/C13H16N4O2/c1-8-11(14)12(17-16-8)13(18)15-7-9-3-5-10(19-2)6-4-9/h3-6H,7,14H2,1-2H3,(H,15,18)(H,16,17). The van der Waals surface area contributed by atoms with E-state index in [-0.39, 0.29) is 11.6 Å². The van der Waals surface area contributed by atoms with E-state index in [0.29, 0.717) is 17.9 Å². The third-order valence-electron chi connectivity index (χ3n) is 2.82. The van der Waals surface area contributed by atoms with E-state index in [0.717, 1.165) is 11.3 Å². The van der Waals surface area contributed by atoms with E-state index in [1.54, 1.807) is 14.0 Å². The summed E-state index contributed by atoms with van der Waals surface area (Å²) in [5, 5.41) is 9.32. The first-order chi connectivity index (χ1) is 9.11. The average Bonchev–Trinajstić information content (AvgIpc) is 2.77. The molecule has 1 heterocycles. The van der Waals surface area contributed by atoms with E-state index in [1.165, 1.54) is 0 Å². The second-order valence-electron chi connectivity index (χ2n) is 4.14. The number of carbonyl (C=O) groups is 1. The molecule has 6 nitrogen and oxygen atoms in total. The van der Waals surface area contributed by atoms with Crippen molar-refractivity contribution in [1.82, 2.24) is 15.5 Å². The zero-order valence-electron chi connectivity index (χ0n) is 10.9. The smallest absolute Gasteiger partial charge is 0.274 e. The predicted octanol–water partition coefficient (Wildman–Crippen LogP) is 1.24. The number of anilines is 1. The average molecular weight is 260 g/mol. The second-order valence-corrected chi connectivity index (χ2v) is 4.14. The van der Waals surface area contributed by atoms with Crippen LogP contribution in [-0.4, -0.2) is 23.2 Å². The second kappa shape index (κ2) is 5.43. The van der Waals surface area contributed by atoms with Crippen LogP contribution < -0.4 is 15.8 Å². The molecule has 0 bridgehead atoms. The van der Waals surface area contributed by atoms with E-state index in [1.807, 2.05) is 24.3 Å². The Bertz CT molecular complexity index is 575. The van der Waals surface area contributed by atoms with Crippen molar-refractivity contribution in [3.63, 3.8) is 0 Å². The topological polar surface area (TPSA) is 93.0 Å². The van der Waals surface area contributed by atoms with Gasteiger partial charge in [0.25, 0.3) is 5.91 Å². The third kappa shape index (κ3) is 2.85. The maximum Gasteiger partial charge on any atom is 0.274 e. The number of nitrogens with zero attached hydrogens (tertiary/aromatic N) is 1. The fourth-order valence-corrected chi connectivity index (χ4v) is 1.62. The van der Waals surface area contributed by atoms with Crippen molar-refractivity contribution in [2.75, 3.05) is 12.8 Å². The van der Waals surface area contributed by atoms with Crippen LogP contribution in [0.5, 0.6) is 5.75 Å². The van der Waals surface area contributed by atoms with E-state index in [4.69, 9.17) is 10.5 Å². The SMILES string of the molecule is COc1ccc(CNC(=O)c2n[nH]c(C)c2N)cc1. The maximum absolute atomic E-state index is 11.9. The van der Waals surface area contributed by atoms with Gasteiger partial charge in [0.1, 0.15) is 5.75 Å². The molecule has 0 radical (unpaired) electrons. The summed E-state index contributed by atoms with van der Waals surface area (Å²) < 4.78 is 5.06. The summed E-state index contributed by atoms with van der Waals surface area (Å²) in [6.45, 7) is 2.18. The molecule has 0 fully saturated rings. The minimum atomic E-state index is -0.294. The fraction of sp³-hybridized carbons (Fsp3) is 0.231. The first kappa shape index (κ1) is 12.9. The van der Waals surface area contributed by atoms with E-state index >= 15 is 0 Å². The van der Waals surface area contributed by atoms with Crippen LogP contribution in [0.1, 0.15) is 21.7 Å². The number of rotatable bonds is 4. The fourth-order valence-electron chi connectivity index (χ4n) is 1.62. The summed E-state index contributed by atoms with van der Waals surface area (Å²) in [7, 11) is 1.61. The Labute approximate surface area is 111 Å². The Morgan fingerprint density at radius 1 is 1.42 bits per heavy atom. The van der Waals surface area contributed by atoms with Crippen molar-refractivity contribution in [3.05, 3.63) is 41.2 Å². The molecule has 0 aliphatic carbocycles. The number of nitrogens with two attached hydrogens (primary N) is 1. The molecule has 2 rings (SSSR count). The van der Waals surface area contributed by atoms with Crippen LogP contribution in [0.15, 0.2) is 24.3 Å². The number of aromatic amines is 1. The summed E-state index contributed by atoms with van der Waals surface area (Å²) in [6.07, 6.45) is 0. The van der Waals surface area contributed by atoms with Gasteiger partial charge in [0.2, 0.25) is 0 Å². The number of ether oxygens (including phenoxy) is 1. The molecule has 0 atom stereocenters. The number of nitrogens with one attached hydrogen (secondary N) is 2. The number of H-pyrrole nitrogens is 1. The van der Waals surface area contributed by atoms with Crippen LogP contribution in [0.2, 0.25) is 0 Å². The molecule has 0 aliphatic heterocycles. The van der Waals surface area contributed by atoms with Gasteiger partial charge in [-0.05, 0) is 24.6 Å². The number of carbonyl (C=O) groups excluding carboxylic acids is 1. The van der Waals surface area contributed by atoms with Crippen molar-refractivity contribution < 1.29 is 9.53 Å². The number of nitrogen functional groups attached to an aromatic ring is 1. The molecule has 6 heteroatoms. The third-order valence-corrected chi connectivity index (χ3v) is 2.82. The van der Waals surface area contributed by atoms with Gasteiger partial charge < -0.3 is 15.8 Å². The number of aromatic nitrogens is 2. The lowest BCUT2D eigenvalue weighted by Crippen LogP contribution is -2.24. The minimum Gasteiger partial charge on any atom is -0.497 e. The number of aryl methyl sites for hydroxylation is 1. The van der Waals surface area contributed by atoms with Crippen molar-refractivity contribution >= 4 is 11.6 Å². The first-order valence-corrected chi connectivity index (χ1v) is 5.83. The van der Waals surface area contributed by atoms with Gasteiger partial charge in [0.15, 0.2) is 5.69 Å². The largest absolute Gasteiger partial charge is 0.497 e. The minimum absolute atomic E-state index is 0.228. The Morgan fingerprint density at radius 2 is 2.11 bits per heavy atom. The van der Waals surface area contributed by atoms with E-state index in [9.17, 15) is 4.79 Å². The lowest BCUT2D eigenvalue weighted by molar-refractivity contribution is 0.0947. The summed E-state index contributed by atoms with van der Waals surface area (Å²) in [5.74, 6) is 0.486. The predicted molar refractivity (Wildman–Crippen MR) is 71.9 cm³/mol. The van der Waals surface area contributed by atoms with E-state index in [2.05, 4.69) is 15.5 Å². The van der Waals surface area contributed by atoms with Gasteiger partial charge in [-0.15, -0.1) is 0 Å². The lowest BCUT2D eigenvalue weighted by atomic mass is 10.2. The summed E-state index contributed by atoms with van der Waals surface area (Å²) in [5.41, 5.74) is 8.01.